The molecule has 2 fully saturated rings. The molecule has 1 aliphatic carbocycles. The van der Waals surface area contributed by atoms with Crippen LogP contribution in [0, 0.1) is 5.92 Å². The maximum atomic E-state index is 4.73. The number of hydrogen-bond donors (Lipinski definition) is 1. The van der Waals surface area contributed by atoms with Crippen molar-refractivity contribution in [3.8, 4) is 0 Å². The summed E-state index contributed by atoms with van der Waals surface area (Å²) in [4.78, 5) is 0. The minimum Gasteiger partial charge on any atom is -0.314 e. The van der Waals surface area contributed by atoms with Gasteiger partial charge < -0.3 is 5.32 Å². The van der Waals surface area contributed by atoms with Gasteiger partial charge in [-0.25, -0.2) is 5.32 Å². The van der Waals surface area contributed by atoms with Crippen LogP contribution < -0.4 is 10.6 Å². The van der Waals surface area contributed by atoms with Gasteiger partial charge in [-0.1, -0.05) is 25.7 Å². The highest BCUT2D eigenvalue weighted by Crippen LogP contribution is 2.26. The summed E-state index contributed by atoms with van der Waals surface area (Å²) in [5.41, 5.74) is 0. The molecule has 0 aromatic carbocycles. The van der Waals surface area contributed by atoms with Gasteiger partial charge in [-0.15, -0.1) is 0 Å². The van der Waals surface area contributed by atoms with E-state index in [1.807, 2.05) is 0 Å². The number of nitrogens with zero attached hydrogens (tertiary/aromatic N) is 1. The first-order valence-corrected chi connectivity index (χ1v) is 5.84. The van der Waals surface area contributed by atoms with Gasteiger partial charge in [0.25, 0.3) is 0 Å². The van der Waals surface area contributed by atoms with Gasteiger partial charge in [0.1, 0.15) is 0 Å². The predicted molar refractivity (Wildman–Crippen MR) is 54.9 cm³/mol. The summed E-state index contributed by atoms with van der Waals surface area (Å²) in [7, 11) is 0. The largest absolute Gasteiger partial charge is 0.314 e. The second kappa shape index (κ2) is 4.97. The summed E-state index contributed by atoms with van der Waals surface area (Å²) >= 11 is 0. The molecule has 2 nitrogen and oxygen atoms in total. The molecule has 0 bridgehead atoms. The lowest BCUT2D eigenvalue weighted by atomic mass is 9.91. The van der Waals surface area contributed by atoms with Crippen molar-refractivity contribution in [2.75, 3.05) is 19.6 Å². The Morgan fingerprint density at radius 2 is 1.77 bits per heavy atom. The first-order valence-electron chi connectivity index (χ1n) is 5.84. The Kier molecular flexibility index (Phi) is 3.62. The van der Waals surface area contributed by atoms with Crippen molar-refractivity contribution >= 4 is 0 Å². The molecule has 1 radical (unpaired) electrons. The van der Waals surface area contributed by atoms with Crippen LogP contribution in [0.1, 0.15) is 38.5 Å². The van der Waals surface area contributed by atoms with Crippen LogP contribution in [-0.2, 0) is 0 Å². The molecule has 0 aromatic heterocycles. The second-order valence-electron chi connectivity index (χ2n) is 4.43. The van der Waals surface area contributed by atoms with Crippen LogP contribution in [0.15, 0.2) is 0 Å². The molecule has 1 atom stereocenters. The van der Waals surface area contributed by atoms with Crippen LogP contribution in [0.5, 0.6) is 0 Å². The van der Waals surface area contributed by atoms with Crippen LogP contribution in [0.3, 0.4) is 0 Å². The van der Waals surface area contributed by atoms with E-state index in [2.05, 4.69) is 5.32 Å². The Bertz CT molecular complexity index is 133. The monoisotopic (exact) mass is 181 g/mol. The molecule has 13 heavy (non-hydrogen) atoms. The summed E-state index contributed by atoms with van der Waals surface area (Å²) in [5, 5.41) is 8.19. The third-order valence-electron chi connectivity index (χ3n) is 3.45. The van der Waals surface area contributed by atoms with E-state index in [1.165, 1.54) is 38.5 Å². The van der Waals surface area contributed by atoms with Crippen molar-refractivity contribution in [3.05, 3.63) is 0 Å². The molecule has 75 valence electrons. The molecular weight excluding hydrogens is 160 g/mol. The molecule has 0 spiro atoms. The van der Waals surface area contributed by atoms with Gasteiger partial charge in [-0.2, -0.15) is 0 Å². The first kappa shape index (κ1) is 9.47. The van der Waals surface area contributed by atoms with Crippen molar-refractivity contribution in [3.63, 3.8) is 0 Å². The average molecular weight is 181 g/mol. The zero-order chi connectivity index (χ0) is 8.93. The Labute approximate surface area is 81.5 Å². The van der Waals surface area contributed by atoms with Crippen molar-refractivity contribution in [1.82, 2.24) is 10.6 Å². The molecule has 2 aliphatic rings. The molecule has 0 amide bonds. The van der Waals surface area contributed by atoms with Gasteiger partial charge in [-0.3, -0.25) is 0 Å². The third kappa shape index (κ3) is 2.68. The van der Waals surface area contributed by atoms with E-state index >= 15 is 0 Å². The minimum absolute atomic E-state index is 0.645. The van der Waals surface area contributed by atoms with E-state index in [9.17, 15) is 0 Å². The van der Waals surface area contributed by atoms with Crippen LogP contribution in [0.25, 0.3) is 0 Å². The van der Waals surface area contributed by atoms with Gasteiger partial charge in [0.15, 0.2) is 0 Å². The average Bonchev–Trinajstić information content (AvgIpc) is 2.47. The zero-order valence-electron chi connectivity index (χ0n) is 8.47. The number of rotatable bonds is 1. The molecule has 1 saturated heterocycles. The molecule has 1 saturated carbocycles. The fourth-order valence-electron chi connectivity index (χ4n) is 2.64. The molecule has 2 rings (SSSR count). The Hall–Kier alpha value is -0.0800. The van der Waals surface area contributed by atoms with E-state index in [1.54, 1.807) is 0 Å². The van der Waals surface area contributed by atoms with Crippen molar-refractivity contribution in [2.24, 2.45) is 5.92 Å². The number of piperazine rings is 1. The van der Waals surface area contributed by atoms with E-state index in [0.29, 0.717) is 6.04 Å². The Balaban J connectivity index is 1.82. The summed E-state index contributed by atoms with van der Waals surface area (Å²) in [6.07, 6.45) is 8.65. The van der Waals surface area contributed by atoms with Gasteiger partial charge in [-0.05, 0) is 18.8 Å². The molecule has 1 N–H and O–H groups in total. The van der Waals surface area contributed by atoms with E-state index < -0.39 is 0 Å². The molecule has 1 aliphatic heterocycles. The van der Waals surface area contributed by atoms with Crippen LogP contribution in [-0.4, -0.2) is 25.7 Å². The molecule has 2 heteroatoms. The highest BCUT2D eigenvalue weighted by Gasteiger charge is 2.24. The SMILES string of the molecule is C1CCCC(C2CNCC[N]2)CC1. The van der Waals surface area contributed by atoms with Gasteiger partial charge >= 0.3 is 0 Å². The topological polar surface area (TPSA) is 26.1 Å². The van der Waals surface area contributed by atoms with E-state index in [4.69, 9.17) is 5.32 Å². The van der Waals surface area contributed by atoms with E-state index in [0.717, 1.165) is 25.6 Å². The summed E-state index contributed by atoms with van der Waals surface area (Å²) in [6.45, 7) is 3.29. The predicted octanol–water partition coefficient (Wildman–Crippen LogP) is 1.53. The van der Waals surface area contributed by atoms with Crippen LogP contribution in [0.4, 0.5) is 0 Å². The highest BCUT2D eigenvalue weighted by molar-refractivity contribution is 4.82. The van der Waals surface area contributed by atoms with Gasteiger partial charge in [0, 0.05) is 25.7 Å². The fourth-order valence-corrected chi connectivity index (χ4v) is 2.64. The minimum atomic E-state index is 0.645. The zero-order valence-corrected chi connectivity index (χ0v) is 8.47. The molecular formula is C11H21N2. The molecule has 0 aromatic rings. The Morgan fingerprint density at radius 1 is 1.00 bits per heavy atom. The normalized spacial score (nSPS) is 32.8. The third-order valence-corrected chi connectivity index (χ3v) is 3.45. The number of hydrogen-bond acceptors (Lipinski definition) is 1. The van der Waals surface area contributed by atoms with Crippen LogP contribution >= 0.6 is 0 Å². The Morgan fingerprint density at radius 3 is 2.38 bits per heavy atom. The lowest BCUT2D eigenvalue weighted by molar-refractivity contribution is 0.279. The summed E-state index contributed by atoms with van der Waals surface area (Å²) < 4.78 is 0. The first-order chi connectivity index (χ1) is 6.47. The lowest BCUT2D eigenvalue weighted by Crippen LogP contribution is -2.47. The standard InChI is InChI=1S/C11H21N2/c1-2-4-6-10(5-3-1)11-9-12-7-8-13-11/h10-12H,1-9H2. The smallest absolute Gasteiger partial charge is 0.0399 e. The summed E-state index contributed by atoms with van der Waals surface area (Å²) in [5.74, 6) is 0.898. The van der Waals surface area contributed by atoms with Crippen molar-refractivity contribution in [1.29, 1.82) is 0 Å². The van der Waals surface area contributed by atoms with Gasteiger partial charge in [0.2, 0.25) is 0 Å². The van der Waals surface area contributed by atoms with Crippen molar-refractivity contribution < 1.29 is 0 Å². The molecule has 1 unspecified atom stereocenters. The quantitative estimate of drug-likeness (QED) is 0.610. The lowest BCUT2D eigenvalue weighted by Gasteiger charge is -2.29. The van der Waals surface area contributed by atoms with Gasteiger partial charge in [0.05, 0.1) is 0 Å². The highest BCUT2D eigenvalue weighted by atomic mass is 15.1. The van der Waals surface area contributed by atoms with Crippen molar-refractivity contribution in [2.45, 2.75) is 44.6 Å². The molecule has 1 heterocycles. The number of nitrogens with one attached hydrogen (secondary N) is 1. The maximum absolute atomic E-state index is 4.73. The van der Waals surface area contributed by atoms with Crippen LogP contribution in [0.2, 0.25) is 0 Å². The summed E-state index contributed by atoms with van der Waals surface area (Å²) in [6, 6.07) is 0.645. The fraction of sp³-hybridized carbons (Fsp3) is 1.00. The second-order valence-corrected chi connectivity index (χ2v) is 4.43. The maximum Gasteiger partial charge on any atom is 0.0399 e. The van der Waals surface area contributed by atoms with E-state index in [-0.39, 0.29) is 0 Å².